The third-order valence-electron chi connectivity index (χ3n) is 2.92. The van der Waals surface area contributed by atoms with Gasteiger partial charge in [-0.3, -0.25) is 4.21 Å². The lowest BCUT2D eigenvalue weighted by atomic mass is 10.2. The van der Waals surface area contributed by atoms with Gasteiger partial charge in [-0.15, -0.1) is 11.3 Å². The molecule has 0 fully saturated rings. The van der Waals surface area contributed by atoms with E-state index in [4.69, 9.17) is 16.0 Å². The Labute approximate surface area is 138 Å². The molecule has 2 heterocycles. The normalized spacial score (nSPS) is 12.5. The predicted octanol–water partition coefficient (Wildman–Crippen LogP) is 4.64. The quantitative estimate of drug-likeness (QED) is 0.669. The van der Waals surface area contributed by atoms with E-state index in [-0.39, 0.29) is 5.75 Å². The maximum absolute atomic E-state index is 13.0. The molecule has 7 heteroatoms. The van der Waals surface area contributed by atoms with Crippen LogP contribution in [0.4, 0.5) is 4.39 Å². The highest BCUT2D eigenvalue weighted by atomic mass is 35.5. The second-order valence-electron chi connectivity index (χ2n) is 4.59. The van der Waals surface area contributed by atoms with E-state index in [2.05, 4.69) is 4.98 Å². The minimum Gasteiger partial charge on any atom is -0.462 e. The molecule has 0 spiro atoms. The fourth-order valence-electron chi connectivity index (χ4n) is 1.91. The van der Waals surface area contributed by atoms with Crippen LogP contribution >= 0.6 is 22.9 Å². The second kappa shape index (κ2) is 6.73. The van der Waals surface area contributed by atoms with Crippen molar-refractivity contribution in [2.24, 2.45) is 0 Å². The molecule has 0 bridgehead atoms. The molecule has 2 aromatic heterocycles. The summed E-state index contributed by atoms with van der Waals surface area (Å²) in [6, 6.07) is 7.73. The van der Waals surface area contributed by atoms with Gasteiger partial charge in [0.1, 0.15) is 5.82 Å². The number of aromatic nitrogens is 1. The molecule has 22 heavy (non-hydrogen) atoms. The molecule has 0 amide bonds. The highest BCUT2D eigenvalue weighted by molar-refractivity contribution is 7.83. The lowest BCUT2D eigenvalue weighted by Crippen LogP contribution is -2.00. The summed E-state index contributed by atoms with van der Waals surface area (Å²) < 4.78 is 30.5. The van der Waals surface area contributed by atoms with E-state index in [0.29, 0.717) is 22.1 Å². The summed E-state index contributed by atoms with van der Waals surface area (Å²) >= 11 is 7.39. The smallest absolute Gasteiger partial charge is 0.162 e. The van der Waals surface area contributed by atoms with Gasteiger partial charge in [0.25, 0.3) is 0 Å². The standard InChI is InChI=1S/C15H11ClFNO2S2/c16-13-6-11(17)4-3-10(13)8-22(19)9-12-7-21-15(18-12)14-2-1-5-20-14/h1-7H,8-9H2. The van der Waals surface area contributed by atoms with Crippen LogP contribution < -0.4 is 0 Å². The topological polar surface area (TPSA) is 43.1 Å². The molecule has 0 saturated carbocycles. The van der Waals surface area contributed by atoms with Crippen LogP contribution in [0, 0.1) is 5.82 Å². The van der Waals surface area contributed by atoms with Crippen molar-refractivity contribution >= 4 is 33.7 Å². The van der Waals surface area contributed by atoms with Gasteiger partial charge in [-0.1, -0.05) is 17.7 Å². The Morgan fingerprint density at radius 3 is 2.91 bits per heavy atom. The molecule has 1 atom stereocenters. The average Bonchev–Trinajstić information content (AvgIpc) is 3.12. The molecule has 0 saturated heterocycles. The van der Waals surface area contributed by atoms with Crippen LogP contribution in [0.3, 0.4) is 0 Å². The van der Waals surface area contributed by atoms with Crippen molar-refractivity contribution in [2.45, 2.75) is 11.5 Å². The Bertz CT molecular complexity index is 802. The molecule has 3 rings (SSSR count). The van der Waals surface area contributed by atoms with Gasteiger partial charge in [0.15, 0.2) is 10.8 Å². The van der Waals surface area contributed by atoms with Crippen molar-refractivity contribution in [3.8, 4) is 10.8 Å². The number of hydrogen-bond acceptors (Lipinski definition) is 4. The molecule has 0 aliphatic carbocycles. The highest BCUT2D eigenvalue weighted by Crippen LogP contribution is 2.25. The Hall–Kier alpha value is -1.50. The van der Waals surface area contributed by atoms with Gasteiger partial charge in [0.2, 0.25) is 0 Å². The number of thiazole rings is 1. The summed E-state index contributed by atoms with van der Waals surface area (Å²) in [4.78, 5) is 4.41. The zero-order valence-corrected chi connectivity index (χ0v) is 13.7. The molecular formula is C15H11ClFNO2S2. The van der Waals surface area contributed by atoms with Gasteiger partial charge in [0.05, 0.1) is 23.5 Å². The largest absolute Gasteiger partial charge is 0.462 e. The molecule has 0 aliphatic rings. The van der Waals surface area contributed by atoms with E-state index in [9.17, 15) is 8.60 Å². The minimum atomic E-state index is -1.17. The zero-order chi connectivity index (χ0) is 15.5. The van der Waals surface area contributed by atoms with Crippen LogP contribution in [0.25, 0.3) is 10.8 Å². The van der Waals surface area contributed by atoms with Gasteiger partial charge in [-0.2, -0.15) is 0 Å². The number of benzene rings is 1. The van der Waals surface area contributed by atoms with E-state index in [1.54, 1.807) is 18.4 Å². The second-order valence-corrected chi connectivity index (χ2v) is 7.31. The van der Waals surface area contributed by atoms with E-state index in [0.717, 1.165) is 10.7 Å². The van der Waals surface area contributed by atoms with Crippen molar-refractivity contribution in [2.75, 3.05) is 0 Å². The van der Waals surface area contributed by atoms with Crippen molar-refractivity contribution in [1.29, 1.82) is 0 Å². The van der Waals surface area contributed by atoms with Gasteiger partial charge < -0.3 is 4.42 Å². The van der Waals surface area contributed by atoms with Crippen LogP contribution in [-0.4, -0.2) is 9.19 Å². The average molecular weight is 356 g/mol. The third-order valence-corrected chi connectivity index (χ3v) is 5.43. The van der Waals surface area contributed by atoms with Crippen molar-refractivity contribution in [1.82, 2.24) is 4.98 Å². The maximum atomic E-state index is 13.0. The Morgan fingerprint density at radius 1 is 1.32 bits per heavy atom. The number of furan rings is 1. The van der Waals surface area contributed by atoms with E-state index < -0.39 is 16.6 Å². The summed E-state index contributed by atoms with van der Waals surface area (Å²) in [5.74, 6) is 0.892. The first-order valence-electron chi connectivity index (χ1n) is 6.39. The first-order chi connectivity index (χ1) is 10.6. The molecule has 114 valence electrons. The number of nitrogens with zero attached hydrogens (tertiary/aromatic N) is 1. The van der Waals surface area contributed by atoms with Crippen LogP contribution in [0.1, 0.15) is 11.3 Å². The molecule has 0 radical (unpaired) electrons. The molecule has 3 aromatic rings. The van der Waals surface area contributed by atoms with Crippen molar-refractivity contribution < 1.29 is 13.0 Å². The lowest BCUT2D eigenvalue weighted by molar-refractivity contribution is 0.581. The monoisotopic (exact) mass is 355 g/mol. The predicted molar refractivity (Wildman–Crippen MR) is 86.8 cm³/mol. The van der Waals surface area contributed by atoms with Crippen LogP contribution in [-0.2, 0) is 22.3 Å². The van der Waals surface area contributed by atoms with E-state index in [1.807, 2.05) is 11.4 Å². The van der Waals surface area contributed by atoms with Crippen LogP contribution in [0.15, 0.2) is 46.4 Å². The van der Waals surface area contributed by atoms with Crippen molar-refractivity contribution in [3.63, 3.8) is 0 Å². The Morgan fingerprint density at radius 2 is 2.18 bits per heavy atom. The molecule has 3 nitrogen and oxygen atoms in total. The van der Waals surface area contributed by atoms with Crippen molar-refractivity contribution in [3.05, 3.63) is 64.1 Å². The summed E-state index contributed by atoms with van der Waals surface area (Å²) in [7, 11) is -1.17. The van der Waals surface area contributed by atoms with Gasteiger partial charge in [-0.05, 0) is 29.8 Å². The third kappa shape index (κ3) is 3.63. The van der Waals surface area contributed by atoms with Crippen LogP contribution in [0.2, 0.25) is 5.02 Å². The molecule has 1 aromatic carbocycles. The van der Waals surface area contributed by atoms with Crippen LogP contribution in [0.5, 0.6) is 0 Å². The minimum absolute atomic E-state index is 0.271. The molecule has 1 unspecified atom stereocenters. The number of hydrogen-bond donors (Lipinski definition) is 0. The van der Waals surface area contributed by atoms with Gasteiger partial charge >= 0.3 is 0 Å². The molecule has 0 aliphatic heterocycles. The summed E-state index contributed by atoms with van der Waals surface area (Å²) in [6.07, 6.45) is 1.59. The fourth-order valence-corrected chi connectivity index (χ4v) is 4.30. The van der Waals surface area contributed by atoms with E-state index >= 15 is 0 Å². The summed E-state index contributed by atoms with van der Waals surface area (Å²) in [6.45, 7) is 0. The van der Waals surface area contributed by atoms with Gasteiger partial charge in [-0.25, -0.2) is 9.37 Å². The summed E-state index contributed by atoms with van der Waals surface area (Å²) in [5.41, 5.74) is 1.41. The van der Waals surface area contributed by atoms with E-state index in [1.165, 1.54) is 23.5 Å². The van der Waals surface area contributed by atoms with Gasteiger partial charge in [0, 0.05) is 21.2 Å². The number of rotatable bonds is 5. The number of halogens is 2. The highest BCUT2D eigenvalue weighted by Gasteiger charge is 2.12. The maximum Gasteiger partial charge on any atom is 0.162 e. The molecular weight excluding hydrogens is 345 g/mol. The fraction of sp³-hybridized carbons (Fsp3) is 0.133. The lowest BCUT2D eigenvalue weighted by Gasteiger charge is -2.03. The first kappa shape index (κ1) is 15.4. The molecule has 0 N–H and O–H groups in total. The Balaban J connectivity index is 1.67. The Kier molecular flexibility index (Phi) is 4.71. The summed E-state index contributed by atoms with van der Waals surface area (Å²) in [5, 5.41) is 2.92. The zero-order valence-electron chi connectivity index (χ0n) is 11.3. The first-order valence-corrected chi connectivity index (χ1v) is 9.13. The SMILES string of the molecule is O=S(Cc1csc(-c2ccco2)n1)Cc1ccc(F)cc1Cl.